The topological polar surface area (TPSA) is 12.5 Å². The lowest BCUT2D eigenvalue weighted by Crippen LogP contribution is -2.18. The van der Waals surface area contributed by atoms with Gasteiger partial charge in [0.25, 0.3) is 0 Å². The van der Waals surface area contributed by atoms with Crippen molar-refractivity contribution in [1.29, 1.82) is 0 Å². The van der Waals surface area contributed by atoms with E-state index in [1.807, 2.05) is 25.2 Å². The molecule has 0 amide bonds. The van der Waals surface area contributed by atoms with Crippen LogP contribution in [0.5, 0.6) is 5.75 Å². The van der Waals surface area contributed by atoms with Crippen LogP contribution in [0, 0.1) is 12.3 Å². The molecule has 2 heteroatoms. The van der Waals surface area contributed by atoms with Crippen molar-refractivity contribution in [1.82, 2.24) is 0 Å². The highest BCUT2D eigenvalue weighted by Crippen LogP contribution is 2.26. The molecule has 15 heavy (non-hydrogen) atoms. The monoisotopic (exact) mass is 203 g/mol. The fourth-order valence-corrected chi connectivity index (χ4v) is 1.48. The molecule has 0 heterocycles. The van der Waals surface area contributed by atoms with Crippen LogP contribution in [0.1, 0.15) is 12.8 Å². The Labute approximate surface area is 91.9 Å². The summed E-state index contributed by atoms with van der Waals surface area (Å²) in [7, 11) is 3.74. The normalized spacial score (nSPS) is 9.40. The molecular weight excluding hydrogens is 186 g/mol. The van der Waals surface area contributed by atoms with Gasteiger partial charge < -0.3 is 9.64 Å². The molecule has 0 unspecified atom stereocenters. The summed E-state index contributed by atoms with van der Waals surface area (Å²) < 4.78 is 5.29. The number of hydrogen-bond acceptors (Lipinski definition) is 2. The first-order chi connectivity index (χ1) is 7.29. The van der Waals surface area contributed by atoms with Gasteiger partial charge in [-0.05, 0) is 18.6 Å². The van der Waals surface area contributed by atoms with E-state index in [9.17, 15) is 0 Å². The summed E-state index contributed by atoms with van der Waals surface area (Å²) in [5, 5.41) is 0. The molecule has 1 aromatic rings. The molecule has 0 N–H and O–H groups in total. The van der Waals surface area contributed by atoms with Crippen LogP contribution in [0.4, 0.5) is 5.69 Å². The first-order valence-corrected chi connectivity index (χ1v) is 5.07. The molecule has 1 aromatic carbocycles. The lowest BCUT2D eigenvalue weighted by Gasteiger charge is -2.21. The summed E-state index contributed by atoms with van der Waals surface area (Å²) in [5.41, 5.74) is 1.11. The van der Waals surface area contributed by atoms with E-state index in [1.54, 1.807) is 7.11 Å². The lowest BCUT2D eigenvalue weighted by molar-refractivity contribution is 0.415. The predicted molar refractivity (Wildman–Crippen MR) is 64.3 cm³/mol. The van der Waals surface area contributed by atoms with E-state index in [0.717, 1.165) is 30.8 Å². The summed E-state index contributed by atoms with van der Waals surface area (Å²) in [6, 6.07) is 7.99. The molecule has 80 valence electrons. The Hall–Kier alpha value is -1.62. The minimum atomic E-state index is 0.819. The standard InChI is InChI=1S/C13H17NO/c1-4-5-8-11-14(2)12-9-6-7-10-13(12)15-3/h1,6-7,9-10H,5,8,11H2,2-3H3. The number of unbranched alkanes of at least 4 members (excludes halogenated alkanes) is 1. The molecule has 0 fully saturated rings. The Balaban J connectivity index is 2.64. The van der Waals surface area contributed by atoms with Gasteiger partial charge in [0.15, 0.2) is 0 Å². The Morgan fingerprint density at radius 2 is 2.13 bits per heavy atom. The van der Waals surface area contributed by atoms with Crippen LogP contribution in [-0.2, 0) is 0 Å². The van der Waals surface area contributed by atoms with E-state index in [2.05, 4.69) is 16.9 Å². The molecule has 0 bridgehead atoms. The minimum absolute atomic E-state index is 0.819. The number of ether oxygens (including phenoxy) is 1. The first-order valence-electron chi connectivity index (χ1n) is 5.07. The van der Waals surface area contributed by atoms with Crippen molar-refractivity contribution < 1.29 is 4.74 Å². The Kier molecular flexibility index (Phi) is 4.56. The average molecular weight is 203 g/mol. The number of nitrogens with zero attached hydrogens (tertiary/aromatic N) is 1. The zero-order valence-corrected chi connectivity index (χ0v) is 9.36. The van der Waals surface area contributed by atoms with Gasteiger partial charge in [-0.3, -0.25) is 0 Å². The van der Waals surface area contributed by atoms with E-state index >= 15 is 0 Å². The van der Waals surface area contributed by atoms with Gasteiger partial charge in [-0.25, -0.2) is 0 Å². The van der Waals surface area contributed by atoms with Gasteiger partial charge in [0.2, 0.25) is 0 Å². The molecule has 0 radical (unpaired) electrons. The highest BCUT2D eigenvalue weighted by Gasteiger charge is 2.05. The molecule has 0 aliphatic carbocycles. The average Bonchev–Trinajstić information content (AvgIpc) is 2.29. The second-order valence-corrected chi connectivity index (χ2v) is 3.40. The van der Waals surface area contributed by atoms with Gasteiger partial charge in [-0.2, -0.15) is 0 Å². The second-order valence-electron chi connectivity index (χ2n) is 3.40. The van der Waals surface area contributed by atoms with Crippen LogP contribution in [-0.4, -0.2) is 20.7 Å². The molecule has 0 aromatic heterocycles. The maximum atomic E-state index is 5.29. The fraction of sp³-hybridized carbons (Fsp3) is 0.385. The summed E-state index contributed by atoms with van der Waals surface area (Å²) in [4.78, 5) is 2.16. The molecule has 0 saturated heterocycles. The molecule has 1 rings (SSSR count). The maximum Gasteiger partial charge on any atom is 0.142 e. The highest BCUT2D eigenvalue weighted by atomic mass is 16.5. The molecule has 0 atom stereocenters. The number of benzene rings is 1. The van der Waals surface area contributed by atoms with Gasteiger partial charge in [0.05, 0.1) is 12.8 Å². The van der Waals surface area contributed by atoms with Crippen molar-refractivity contribution in [3.05, 3.63) is 24.3 Å². The highest BCUT2D eigenvalue weighted by molar-refractivity contribution is 5.57. The van der Waals surface area contributed by atoms with E-state index in [-0.39, 0.29) is 0 Å². The van der Waals surface area contributed by atoms with Gasteiger partial charge in [0, 0.05) is 20.0 Å². The van der Waals surface area contributed by atoms with Crippen LogP contribution in [0.15, 0.2) is 24.3 Å². The summed E-state index contributed by atoms with van der Waals surface area (Å²) in [6.45, 7) is 0.949. The summed E-state index contributed by atoms with van der Waals surface area (Å²) in [5.74, 6) is 3.55. The van der Waals surface area contributed by atoms with Crippen molar-refractivity contribution in [2.75, 3.05) is 25.6 Å². The van der Waals surface area contributed by atoms with Crippen LogP contribution in [0.25, 0.3) is 0 Å². The van der Waals surface area contributed by atoms with Crippen molar-refractivity contribution in [2.24, 2.45) is 0 Å². The van der Waals surface area contributed by atoms with Crippen molar-refractivity contribution in [2.45, 2.75) is 12.8 Å². The molecule has 0 saturated carbocycles. The Bertz CT molecular complexity index is 341. The molecule has 0 aliphatic heterocycles. The fourth-order valence-electron chi connectivity index (χ4n) is 1.48. The molecule has 2 nitrogen and oxygen atoms in total. The van der Waals surface area contributed by atoms with Crippen LogP contribution >= 0.6 is 0 Å². The Morgan fingerprint density at radius 1 is 1.40 bits per heavy atom. The van der Waals surface area contributed by atoms with E-state index in [0.29, 0.717) is 0 Å². The van der Waals surface area contributed by atoms with Gasteiger partial charge in [0.1, 0.15) is 5.75 Å². The van der Waals surface area contributed by atoms with Crippen LogP contribution < -0.4 is 9.64 Å². The van der Waals surface area contributed by atoms with Gasteiger partial charge in [-0.15, -0.1) is 12.3 Å². The summed E-state index contributed by atoms with van der Waals surface area (Å²) in [6.07, 6.45) is 7.04. The second kappa shape index (κ2) is 5.98. The maximum absolute atomic E-state index is 5.29. The number of rotatable bonds is 5. The number of methoxy groups -OCH3 is 1. The largest absolute Gasteiger partial charge is 0.495 e. The van der Waals surface area contributed by atoms with Gasteiger partial charge >= 0.3 is 0 Å². The van der Waals surface area contributed by atoms with Crippen molar-refractivity contribution in [3.8, 4) is 18.1 Å². The smallest absolute Gasteiger partial charge is 0.142 e. The third-order valence-electron chi connectivity index (χ3n) is 2.31. The van der Waals surface area contributed by atoms with Crippen LogP contribution in [0.2, 0.25) is 0 Å². The van der Waals surface area contributed by atoms with Crippen LogP contribution in [0.3, 0.4) is 0 Å². The SMILES string of the molecule is C#CCCCN(C)c1ccccc1OC. The first kappa shape index (κ1) is 11.5. The van der Waals surface area contributed by atoms with Crippen molar-refractivity contribution >= 4 is 5.69 Å². The molecule has 0 aliphatic rings. The Morgan fingerprint density at radius 3 is 2.80 bits per heavy atom. The predicted octanol–water partition coefficient (Wildman–Crippen LogP) is 2.54. The third-order valence-corrected chi connectivity index (χ3v) is 2.31. The third kappa shape index (κ3) is 3.21. The van der Waals surface area contributed by atoms with E-state index in [1.165, 1.54) is 0 Å². The lowest BCUT2D eigenvalue weighted by atomic mass is 10.2. The van der Waals surface area contributed by atoms with Crippen molar-refractivity contribution in [3.63, 3.8) is 0 Å². The number of hydrogen-bond donors (Lipinski definition) is 0. The van der Waals surface area contributed by atoms with E-state index in [4.69, 9.17) is 11.2 Å². The number of terminal acetylenes is 1. The number of para-hydroxylation sites is 2. The minimum Gasteiger partial charge on any atom is -0.495 e. The quantitative estimate of drug-likeness (QED) is 0.538. The molecule has 0 spiro atoms. The zero-order valence-electron chi connectivity index (χ0n) is 9.36. The summed E-state index contributed by atoms with van der Waals surface area (Å²) >= 11 is 0. The molecular formula is C13H17NO. The zero-order chi connectivity index (χ0) is 11.1. The van der Waals surface area contributed by atoms with Gasteiger partial charge in [-0.1, -0.05) is 12.1 Å². The van der Waals surface area contributed by atoms with E-state index < -0.39 is 0 Å². The number of anilines is 1.